The summed E-state index contributed by atoms with van der Waals surface area (Å²) < 4.78 is 10.5. The molecule has 0 fully saturated rings. The van der Waals surface area contributed by atoms with E-state index in [-0.39, 0.29) is 6.09 Å². The second-order valence-corrected chi connectivity index (χ2v) is 6.45. The molecule has 1 aromatic carbocycles. The van der Waals surface area contributed by atoms with Crippen LogP contribution in [-0.2, 0) is 15.9 Å². The number of rotatable bonds is 9. The molecule has 5 nitrogen and oxygen atoms in total. The highest BCUT2D eigenvalue weighted by Gasteiger charge is 2.21. The molecule has 0 spiro atoms. The van der Waals surface area contributed by atoms with E-state index in [1.165, 1.54) is 5.56 Å². The molecule has 0 bridgehead atoms. The summed E-state index contributed by atoms with van der Waals surface area (Å²) in [4.78, 5) is 13.9. The predicted octanol–water partition coefficient (Wildman–Crippen LogP) is 2.70. The molecule has 0 unspecified atom stereocenters. The van der Waals surface area contributed by atoms with Gasteiger partial charge in [-0.2, -0.15) is 0 Å². The van der Waals surface area contributed by atoms with Gasteiger partial charge in [0.1, 0.15) is 5.60 Å². The zero-order valence-electron chi connectivity index (χ0n) is 14.8. The van der Waals surface area contributed by atoms with Gasteiger partial charge in [0.05, 0.1) is 6.61 Å². The molecule has 0 aromatic heterocycles. The SMILES string of the molecule is COCCN(CCNCCc1ccccc1)C(=O)OC(C)(C)C. The fraction of sp³-hybridized carbons (Fsp3) is 0.611. The van der Waals surface area contributed by atoms with E-state index in [9.17, 15) is 4.79 Å². The van der Waals surface area contributed by atoms with E-state index in [0.29, 0.717) is 19.7 Å². The predicted molar refractivity (Wildman–Crippen MR) is 92.7 cm³/mol. The molecule has 0 radical (unpaired) electrons. The number of nitrogens with zero attached hydrogens (tertiary/aromatic N) is 1. The van der Waals surface area contributed by atoms with Crippen molar-refractivity contribution in [2.45, 2.75) is 32.8 Å². The molecule has 130 valence electrons. The topological polar surface area (TPSA) is 50.8 Å². The number of amides is 1. The molecule has 0 aliphatic carbocycles. The lowest BCUT2D eigenvalue weighted by Crippen LogP contribution is -2.42. The average molecular weight is 322 g/mol. The quantitative estimate of drug-likeness (QED) is 0.710. The third kappa shape index (κ3) is 9.21. The molecule has 0 saturated heterocycles. The third-order valence-electron chi connectivity index (χ3n) is 3.21. The van der Waals surface area contributed by atoms with Crippen LogP contribution in [0.25, 0.3) is 0 Å². The van der Waals surface area contributed by atoms with Crippen LogP contribution in [0.4, 0.5) is 4.79 Å². The summed E-state index contributed by atoms with van der Waals surface area (Å²) in [6.07, 6.45) is 0.685. The molecule has 0 atom stereocenters. The summed E-state index contributed by atoms with van der Waals surface area (Å²) in [7, 11) is 1.63. The van der Waals surface area contributed by atoms with Crippen LogP contribution in [0.3, 0.4) is 0 Å². The van der Waals surface area contributed by atoms with Crippen LogP contribution < -0.4 is 5.32 Å². The zero-order valence-corrected chi connectivity index (χ0v) is 14.8. The Balaban J connectivity index is 2.31. The van der Waals surface area contributed by atoms with E-state index in [4.69, 9.17) is 9.47 Å². The first-order chi connectivity index (χ1) is 10.9. The number of hydrogen-bond donors (Lipinski definition) is 1. The van der Waals surface area contributed by atoms with Crippen LogP contribution in [0, 0.1) is 0 Å². The zero-order chi connectivity index (χ0) is 17.1. The molecule has 0 saturated carbocycles. The van der Waals surface area contributed by atoms with Gasteiger partial charge in [0.25, 0.3) is 0 Å². The summed E-state index contributed by atoms with van der Waals surface area (Å²) in [5.41, 5.74) is 0.826. The minimum Gasteiger partial charge on any atom is -0.444 e. The first kappa shape index (κ1) is 19.5. The monoisotopic (exact) mass is 322 g/mol. The van der Waals surface area contributed by atoms with Crippen LogP contribution in [-0.4, -0.2) is 56.5 Å². The number of carbonyl (C=O) groups is 1. The third-order valence-corrected chi connectivity index (χ3v) is 3.21. The summed E-state index contributed by atoms with van der Waals surface area (Å²) in [6.45, 7) is 8.88. The van der Waals surface area contributed by atoms with Crippen molar-refractivity contribution in [2.75, 3.05) is 39.9 Å². The van der Waals surface area contributed by atoms with Crippen molar-refractivity contribution < 1.29 is 14.3 Å². The normalized spacial score (nSPS) is 11.3. The molecule has 0 heterocycles. The Morgan fingerprint density at radius 2 is 1.83 bits per heavy atom. The Hall–Kier alpha value is -1.59. The highest BCUT2D eigenvalue weighted by atomic mass is 16.6. The van der Waals surface area contributed by atoms with E-state index in [1.807, 2.05) is 39.0 Å². The maximum absolute atomic E-state index is 12.2. The van der Waals surface area contributed by atoms with Crippen LogP contribution in [0.5, 0.6) is 0 Å². The lowest BCUT2D eigenvalue weighted by molar-refractivity contribution is 0.0204. The smallest absolute Gasteiger partial charge is 0.410 e. The number of ether oxygens (including phenoxy) is 2. The first-order valence-corrected chi connectivity index (χ1v) is 8.14. The van der Waals surface area contributed by atoms with Crippen LogP contribution in [0.15, 0.2) is 30.3 Å². The molecule has 0 aliphatic heterocycles. The van der Waals surface area contributed by atoms with Crippen LogP contribution >= 0.6 is 0 Å². The number of benzene rings is 1. The molecule has 5 heteroatoms. The molecule has 1 rings (SSSR count). The van der Waals surface area contributed by atoms with Crippen molar-refractivity contribution >= 4 is 6.09 Å². The number of hydrogen-bond acceptors (Lipinski definition) is 4. The largest absolute Gasteiger partial charge is 0.444 e. The second-order valence-electron chi connectivity index (χ2n) is 6.45. The summed E-state index contributed by atoms with van der Waals surface area (Å²) in [5, 5.41) is 3.37. The maximum Gasteiger partial charge on any atom is 0.410 e. The van der Waals surface area contributed by atoms with Gasteiger partial charge < -0.3 is 19.7 Å². The molecule has 1 aromatic rings. The van der Waals surface area contributed by atoms with Crippen molar-refractivity contribution in [2.24, 2.45) is 0 Å². The summed E-state index contributed by atoms with van der Waals surface area (Å²) in [5.74, 6) is 0. The van der Waals surface area contributed by atoms with Crippen molar-refractivity contribution in [1.82, 2.24) is 10.2 Å². The fourth-order valence-electron chi connectivity index (χ4n) is 2.04. The van der Waals surface area contributed by atoms with Gasteiger partial charge in [-0.3, -0.25) is 0 Å². The van der Waals surface area contributed by atoms with E-state index in [1.54, 1.807) is 12.0 Å². The van der Waals surface area contributed by atoms with Gasteiger partial charge in [-0.25, -0.2) is 4.79 Å². The number of methoxy groups -OCH3 is 1. The molecular formula is C18H30N2O3. The minimum atomic E-state index is -0.483. The molecular weight excluding hydrogens is 292 g/mol. The van der Waals surface area contributed by atoms with E-state index in [2.05, 4.69) is 17.4 Å². The van der Waals surface area contributed by atoms with E-state index >= 15 is 0 Å². The Bertz CT molecular complexity index is 443. The van der Waals surface area contributed by atoms with Gasteiger partial charge in [0, 0.05) is 26.7 Å². The van der Waals surface area contributed by atoms with Gasteiger partial charge in [-0.05, 0) is 39.3 Å². The van der Waals surface area contributed by atoms with Gasteiger partial charge in [0.2, 0.25) is 0 Å². The Morgan fingerprint density at radius 1 is 1.13 bits per heavy atom. The Morgan fingerprint density at radius 3 is 2.43 bits per heavy atom. The van der Waals surface area contributed by atoms with Crippen LogP contribution in [0.1, 0.15) is 26.3 Å². The summed E-state index contributed by atoms with van der Waals surface area (Å²) >= 11 is 0. The van der Waals surface area contributed by atoms with Gasteiger partial charge in [0.15, 0.2) is 0 Å². The van der Waals surface area contributed by atoms with E-state index in [0.717, 1.165) is 19.5 Å². The fourth-order valence-corrected chi connectivity index (χ4v) is 2.04. The van der Waals surface area contributed by atoms with E-state index < -0.39 is 5.60 Å². The Kier molecular flexibility index (Phi) is 8.66. The van der Waals surface area contributed by atoms with Gasteiger partial charge >= 0.3 is 6.09 Å². The number of nitrogens with one attached hydrogen (secondary N) is 1. The minimum absolute atomic E-state index is 0.292. The molecule has 0 aliphatic rings. The highest BCUT2D eigenvalue weighted by molar-refractivity contribution is 5.68. The van der Waals surface area contributed by atoms with Crippen molar-refractivity contribution in [3.8, 4) is 0 Å². The van der Waals surface area contributed by atoms with Crippen molar-refractivity contribution in [3.63, 3.8) is 0 Å². The second kappa shape index (κ2) is 10.2. The highest BCUT2D eigenvalue weighted by Crippen LogP contribution is 2.09. The lowest BCUT2D eigenvalue weighted by Gasteiger charge is -2.27. The first-order valence-electron chi connectivity index (χ1n) is 8.14. The molecule has 1 N–H and O–H groups in total. The molecule has 1 amide bonds. The number of carbonyl (C=O) groups excluding carboxylic acids is 1. The van der Waals surface area contributed by atoms with Crippen LogP contribution in [0.2, 0.25) is 0 Å². The van der Waals surface area contributed by atoms with Gasteiger partial charge in [-0.1, -0.05) is 30.3 Å². The Labute approximate surface area is 140 Å². The van der Waals surface area contributed by atoms with Gasteiger partial charge in [-0.15, -0.1) is 0 Å². The summed E-state index contributed by atoms with van der Waals surface area (Å²) in [6, 6.07) is 10.3. The standard InChI is InChI=1S/C18H30N2O3/c1-18(2,3)23-17(21)20(14-15-22-4)13-12-19-11-10-16-8-6-5-7-9-16/h5-9,19H,10-15H2,1-4H3. The van der Waals surface area contributed by atoms with Crippen molar-refractivity contribution in [1.29, 1.82) is 0 Å². The maximum atomic E-state index is 12.2. The van der Waals surface area contributed by atoms with Crippen molar-refractivity contribution in [3.05, 3.63) is 35.9 Å². The lowest BCUT2D eigenvalue weighted by atomic mass is 10.1. The molecule has 23 heavy (non-hydrogen) atoms. The average Bonchev–Trinajstić information content (AvgIpc) is 2.49.